The van der Waals surface area contributed by atoms with Crippen molar-refractivity contribution in [1.82, 2.24) is 9.13 Å². The first-order valence-corrected chi connectivity index (χ1v) is 15.6. The van der Waals surface area contributed by atoms with Crippen LogP contribution in [0.5, 0.6) is 0 Å². The van der Waals surface area contributed by atoms with Crippen molar-refractivity contribution in [2.75, 3.05) is 0 Å². The van der Waals surface area contributed by atoms with E-state index in [0.717, 1.165) is 28.0 Å². The Labute approximate surface area is 265 Å². The second kappa shape index (κ2) is 10.5. The number of imidazole rings is 1. The summed E-state index contributed by atoms with van der Waals surface area (Å²) in [5.74, 6) is 0. The van der Waals surface area contributed by atoms with Gasteiger partial charge in [-0.1, -0.05) is 121 Å². The van der Waals surface area contributed by atoms with E-state index in [4.69, 9.17) is 0 Å². The number of hydrogen-bond donors (Lipinski definition) is 0. The van der Waals surface area contributed by atoms with Crippen LogP contribution < -0.4 is 5.69 Å². The van der Waals surface area contributed by atoms with Crippen LogP contribution in [0.2, 0.25) is 0 Å². The molecule has 9 rings (SSSR count). The average Bonchev–Trinajstić information content (AvgIpc) is 3.42. The molecule has 0 saturated heterocycles. The Morgan fingerprint density at radius 3 is 1.30 bits per heavy atom. The summed E-state index contributed by atoms with van der Waals surface area (Å²) >= 11 is 0. The van der Waals surface area contributed by atoms with Crippen molar-refractivity contribution in [2.24, 2.45) is 0 Å². The predicted octanol–water partition coefficient (Wildman–Crippen LogP) is 10.6. The van der Waals surface area contributed by atoms with Crippen LogP contribution in [0.3, 0.4) is 0 Å². The van der Waals surface area contributed by atoms with Gasteiger partial charge < -0.3 is 0 Å². The minimum absolute atomic E-state index is 0.0882. The second-order valence-electron chi connectivity index (χ2n) is 11.7. The Bertz CT molecular complexity index is 2630. The smallest absolute Gasteiger partial charge is 0.260 e. The van der Waals surface area contributed by atoms with Crippen molar-refractivity contribution in [3.05, 3.63) is 180 Å². The van der Waals surface area contributed by atoms with Crippen LogP contribution in [0, 0.1) is 0 Å². The Kier molecular flexibility index (Phi) is 5.97. The first-order valence-electron chi connectivity index (χ1n) is 15.6. The van der Waals surface area contributed by atoms with Gasteiger partial charge in [0.1, 0.15) is 0 Å². The molecule has 1 heterocycles. The van der Waals surface area contributed by atoms with Crippen LogP contribution in [0.15, 0.2) is 175 Å². The molecule has 0 bridgehead atoms. The summed E-state index contributed by atoms with van der Waals surface area (Å²) in [5.41, 5.74) is 8.10. The standard InChI is InChI=1S/C43H28N2O/c46-43-44(33-17-5-2-6-18-33)39-21-11-12-22-40(39)45(43)34-25-23-30(24-26-34)42-36-20-10-8-16-32(36)27-37-38(42)28-31-15-7-9-19-35(31)41(37)29-13-3-1-4-14-29/h1-28H. The van der Waals surface area contributed by atoms with E-state index >= 15 is 0 Å². The molecule has 0 fully saturated rings. The van der Waals surface area contributed by atoms with E-state index < -0.39 is 0 Å². The van der Waals surface area contributed by atoms with Gasteiger partial charge in [0, 0.05) is 0 Å². The maximum atomic E-state index is 14.0. The molecule has 0 atom stereocenters. The van der Waals surface area contributed by atoms with Crippen LogP contribution in [0.4, 0.5) is 0 Å². The fourth-order valence-electron chi connectivity index (χ4n) is 7.10. The minimum atomic E-state index is -0.0882. The molecule has 0 saturated carbocycles. The molecule has 9 aromatic rings. The third-order valence-electron chi connectivity index (χ3n) is 9.13. The molecule has 0 N–H and O–H groups in total. The maximum absolute atomic E-state index is 14.0. The minimum Gasteiger partial charge on any atom is -0.260 e. The lowest BCUT2D eigenvalue weighted by atomic mass is 9.86. The highest BCUT2D eigenvalue weighted by molar-refractivity contribution is 6.22. The number of benzene rings is 8. The van der Waals surface area contributed by atoms with Gasteiger partial charge in [0.15, 0.2) is 0 Å². The summed E-state index contributed by atoms with van der Waals surface area (Å²) in [4.78, 5) is 14.0. The molecule has 3 heteroatoms. The quantitative estimate of drug-likeness (QED) is 0.188. The average molecular weight is 589 g/mol. The highest BCUT2D eigenvalue weighted by atomic mass is 16.1. The number of nitrogens with zero attached hydrogens (tertiary/aromatic N) is 2. The van der Waals surface area contributed by atoms with Gasteiger partial charge >= 0.3 is 5.69 Å². The molecule has 1 aromatic heterocycles. The van der Waals surface area contributed by atoms with Crippen molar-refractivity contribution in [3.8, 4) is 33.6 Å². The molecule has 46 heavy (non-hydrogen) atoms. The van der Waals surface area contributed by atoms with E-state index in [1.807, 2.05) is 59.2 Å². The monoisotopic (exact) mass is 588 g/mol. The first-order chi connectivity index (χ1) is 22.8. The fraction of sp³-hybridized carbons (Fsp3) is 0. The predicted molar refractivity (Wildman–Crippen MR) is 192 cm³/mol. The number of aromatic nitrogens is 2. The van der Waals surface area contributed by atoms with Gasteiger partial charge in [0.2, 0.25) is 0 Å². The summed E-state index contributed by atoms with van der Waals surface area (Å²) in [5, 5.41) is 7.29. The lowest BCUT2D eigenvalue weighted by molar-refractivity contribution is 0.931. The van der Waals surface area contributed by atoms with Gasteiger partial charge in [-0.3, -0.25) is 9.13 Å². The SMILES string of the molecule is O=c1n(-c2ccccc2)c2ccccc2n1-c1ccc(-c2c3ccccc3cc3c(-c4ccccc4)c4ccccc4cc23)cc1. The van der Waals surface area contributed by atoms with E-state index in [-0.39, 0.29) is 5.69 Å². The van der Waals surface area contributed by atoms with Gasteiger partial charge in [0.05, 0.1) is 22.4 Å². The number of para-hydroxylation sites is 3. The van der Waals surface area contributed by atoms with Crippen LogP contribution in [0.1, 0.15) is 0 Å². The van der Waals surface area contributed by atoms with Gasteiger partial charge in [-0.2, -0.15) is 0 Å². The molecule has 3 nitrogen and oxygen atoms in total. The highest BCUT2D eigenvalue weighted by Crippen LogP contribution is 2.44. The van der Waals surface area contributed by atoms with Crippen molar-refractivity contribution in [3.63, 3.8) is 0 Å². The Morgan fingerprint density at radius 1 is 0.348 bits per heavy atom. The van der Waals surface area contributed by atoms with E-state index in [9.17, 15) is 4.79 Å². The Balaban J connectivity index is 1.30. The third kappa shape index (κ3) is 4.03. The Morgan fingerprint density at radius 2 is 0.761 bits per heavy atom. The van der Waals surface area contributed by atoms with Crippen LogP contribution in [0.25, 0.3) is 77.0 Å². The number of rotatable bonds is 4. The molecule has 0 aliphatic heterocycles. The summed E-state index contributed by atoms with van der Waals surface area (Å²) in [6.45, 7) is 0. The van der Waals surface area contributed by atoms with Gasteiger partial charge in [-0.25, -0.2) is 4.79 Å². The molecule has 0 aliphatic carbocycles. The largest absolute Gasteiger partial charge is 0.338 e. The topological polar surface area (TPSA) is 26.9 Å². The molecule has 0 radical (unpaired) electrons. The van der Waals surface area contributed by atoms with Crippen molar-refractivity contribution in [2.45, 2.75) is 0 Å². The number of fused-ring (bicyclic) bond motifs is 4. The molecule has 0 spiro atoms. The van der Waals surface area contributed by atoms with E-state index in [2.05, 4.69) is 115 Å². The lowest BCUT2D eigenvalue weighted by Crippen LogP contribution is -2.22. The highest BCUT2D eigenvalue weighted by Gasteiger charge is 2.18. The fourth-order valence-corrected chi connectivity index (χ4v) is 7.10. The van der Waals surface area contributed by atoms with E-state index in [1.165, 1.54) is 49.0 Å². The summed E-state index contributed by atoms with van der Waals surface area (Å²) in [6, 6.07) is 59.0. The van der Waals surface area contributed by atoms with Crippen LogP contribution >= 0.6 is 0 Å². The molecular formula is C43H28N2O. The third-order valence-corrected chi connectivity index (χ3v) is 9.13. The maximum Gasteiger partial charge on any atom is 0.338 e. The van der Waals surface area contributed by atoms with Crippen molar-refractivity contribution >= 4 is 43.4 Å². The van der Waals surface area contributed by atoms with Gasteiger partial charge in [-0.05, 0) is 103 Å². The molecule has 216 valence electrons. The molecule has 0 amide bonds. The second-order valence-corrected chi connectivity index (χ2v) is 11.7. The summed E-state index contributed by atoms with van der Waals surface area (Å²) in [6.07, 6.45) is 0. The molecular weight excluding hydrogens is 560 g/mol. The zero-order valence-electron chi connectivity index (χ0n) is 25.0. The first kappa shape index (κ1) is 26.2. The van der Waals surface area contributed by atoms with Gasteiger partial charge in [0.25, 0.3) is 0 Å². The zero-order chi connectivity index (χ0) is 30.6. The molecule has 8 aromatic carbocycles. The summed E-state index contributed by atoms with van der Waals surface area (Å²) < 4.78 is 3.60. The van der Waals surface area contributed by atoms with Crippen LogP contribution in [-0.4, -0.2) is 9.13 Å². The molecule has 0 aliphatic rings. The van der Waals surface area contributed by atoms with Crippen molar-refractivity contribution in [1.29, 1.82) is 0 Å². The Hall–Kier alpha value is -6.19. The van der Waals surface area contributed by atoms with Crippen molar-refractivity contribution < 1.29 is 0 Å². The number of hydrogen-bond acceptors (Lipinski definition) is 1. The van der Waals surface area contributed by atoms with Crippen LogP contribution in [-0.2, 0) is 0 Å². The zero-order valence-corrected chi connectivity index (χ0v) is 25.0. The lowest BCUT2D eigenvalue weighted by Gasteiger charge is -2.18. The van der Waals surface area contributed by atoms with E-state index in [0.29, 0.717) is 0 Å². The summed E-state index contributed by atoms with van der Waals surface area (Å²) in [7, 11) is 0. The van der Waals surface area contributed by atoms with E-state index in [1.54, 1.807) is 4.57 Å². The van der Waals surface area contributed by atoms with Gasteiger partial charge in [-0.15, -0.1) is 0 Å². The molecule has 0 unspecified atom stereocenters. The normalized spacial score (nSPS) is 11.6.